The third-order valence-corrected chi connectivity index (χ3v) is 3.12. The van der Waals surface area contributed by atoms with Crippen LogP contribution in [0.2, 0.25) is 5.02 Å². The van der Waals surface area contributed by atoms with Gasteiger partial charge in [0.15, 0.2) is 23.3 Å². The van der Waals surface area contributed by atoms with Gasteiger partial charge in [-0.1, -0.05) is 11.6 Å². The second-order valence-corrected chi connectivity index (χ2v) is 4.95. The number of aromatic nitrogens is 1. The van der Waals surface area contributed by atoms with E-state index >= 15 is 0 Å². The van der Waals surface area contributed by atoms with E-state index in [1.54, 1.807) is 0 Å². The molecule has 0 spiro atoms. The van der Waals surface area contributed by atoms with Crippen molar-refractivity contribution in [1.82, 2.24) is 4.98 Å². The summed E-state index contributed by atoms with van der Waals surface area (Å²) in [5.41, 5.74) is -6.49. The lowest BCUT2D eigenvalue weighted by Crippen LogP contribution is -2.25. The smallest absolute Gasteiger partial charge is 0.327 e. The van der Waals surface area contributed by atoms with Gasteiger partial charge in [-0.15, -0.1) is 0 Å². The van der Waals surface area contributed by atoms with Gasteiger partial charge in [-0.2, -0.15) is 13.2 Å². The number of hydrogen-bond acceptors (Lipinski definition) is 2. The Morgan fingerprint density at radius 2 is 1.56 bits per heavy atom. The van der Waals surface area contributed by atoms with Gasteiger partial charge in [-0.05, 0) is 6.07 Å². The molecule has 1 heterocycles. The highest BCUT2D eigenvalue weighted by atomic mass is 35.5. The van der Waals surface area contributed by atoms with Crippen molar-refractivity contribution < 1.29 is 35.5 Å². The van der Waals surface area contributed by atoms with E-state index in [0.717, 1.165) is 12.3 Å². The van der Waals surface area contributed by atoms with Crippen molar-refractivity contribution in [2.45, 2.75) is 6.18 Å². The Hall–Kier alpha value is -2.56. The van der Waals surface area contributed by atoms with Crippen LogP contribution in [0.25, 0.3) is 0 Å². The van der Waals surface area contributed by atoms with Gasteiger partial charge in [0, 0.05) is 6.20 Å². The average Bonchev–Trinajstić information content (AvgIpc) is 2.50. The van der Waals surface area contributed by atoms with Gasteiger partial charge in [-0.3, -0.25) is 9.59 Å². The predicted molar refractivity (Wildman–Crippen MR) is 71.3 cm³/mol. The number of amides is 1. The maximum Gasteiger partial charge on any atom is 0.422 e. The van der Waals surface area contributed by atoms with E-state index in [0.29, 0.717) is 0 Å². The zero-order valence-electron chi connectivity index (χ0n) is 11.5. The number of halogens is 8. The van der Waals surface area contributed by atoms with Crippen LogP contribution in [0.5, 0.6) is 0 Å². The molecule has 134 valence electrons. The van der Waals surface area contributed by atoms with Crippen LogP contribution < -0.4 is 10.9 Å². The van der Waals surface area contributed by atoms with Crippen molar-refractivity contribution in [2.75, 3.05) is 5.32 Å². The van der Waals surface area contributed by atoms with Crippen LogP contribution in [0.3, 0.4) is 0 Å². The molecule has 1 amide bonds. The molecule has 25 heavy (non-hydrogen) atoms. The maximum absolute atomic E-state index is 13.7. The molecule has 0 aliphatic rings. The van der Waals surface area contributed by atoms with Crippen molar-refractivity contribution in [2.24, 2.45) is 0 Å². The first-order valence-electron chi connectivity index (χ1n) is 6.07. The fraction of sp³-hybridized carbons (Fsp3) is 0.0769. The van der Waals surface area contributed by atoms with E-state index in [1.807, 2.05) is 4.98 Å². The van der Waals surface area contributed by atoms with Crippen LogP contribution in [-0.2, 0) is 6.18 Å². The van der Waals surface area contributed by atoms with Crippen LogP contribution in [0, 0.1) is 23.3 Å². The zero-order chi connectivity index (χ0) is 19.1. The number of anilines is 1. The van der Waals surface area contributed by atoms with Crippen LogP contribution in [-0.4, -0.2) is 10.9 Å². The third kappa shape index (κ3) is 3.45. The van der Waals surface area contributed by atoms with Crippen LogP contribution >= 0.6 is 11.6 Å². The summed E-state index contributed by atoms with van der Waals surface area (Å²) < 4.78 is 91.7. The first-order valence-corrected chi connectivity index (χ1v) is 6.45. The Bertz CT molecular complexity index is 895. The second-order valence-electron chi connectivity index (χ2n) is 4.52. The van der Waals surface area contributed by atoms with Gasteiger partial charge in [0.05, 0.1) is 5.02 Å². The normalized spacial score (nSPS) is 11.5. The molecule has 0 saturated heterocycles. The molecule has 0 aliphatic carbocycles. The number of benzene rings is 1. The van der Waals surface area contributed by atoms with Crippen molar-refractivity contribution in [1.29, 1.82) is 0 Å². The fourth-order valence-corrected chi connectivity index (χ4v) is 1.96. The molecule has 1 aromatic heterocycles. The minimum Gasteiger partial charge on any atom is -0.327 e. The summed E-state index contributed by atoms with van der Waals surface area (Å²) >= 11 is 5.50. The summed E-state index contributed by atoms with van der Waals surface area (Å²) in [6.07, 6.45) is -4.75. The minimum atomic E-state index is -5.72. The SMILES string of the molecule is O=C(Nc1c(F)c(F)c(C(F)(F)F)c(F)c1F)c1cc(Cl)c[nH]c1=O. The van der Waals surface area contributed by atoms with E-state index in [1.165, 1.54) is 5.32 Å². The van der Waals surface area contributed by atoms with Crippen molar-refractivity contribution >= 4 is 23.2 Å². The van der Waals surface area contributed by atoms with E-state index in [2.05, 4.69) is 0 Å². The van der Waals surface area contributed by atoms with Crippen LogP contribution in [0.4, 0.5) is 36.4 Å². The molecule has 2 rings (SSSR count). The van der Waals surface area contributed by atoms with Gasteiger partial charge >= 0.3 is 6.18 Å². The Labute approximate surface area is 138 Å². The van der Waals surface area contributed by atoms with E-state index in [9.17, 15) is 40.3 Å². The highest BCUT2D eigenvalue weighted by Crippen LogP contribution is 2.38. The van der Waals surface area contributed by atoms with E-state index in [4.69, 9.17) is 11.6 Å². The summed E-state index contributed by atoms with van der Waals surface area (Å²) in [6, 6.07) is 0.766. The predicted octanol–water partition coefficient (Wildman–Crippen LogP) is 3.86. The lowest BCUT2D eigenvalue weighted by molar-refractivity contribution is -0.143. The summed E-state index contributed by atoms with van der Waals surface area (Å²) in [5, 5.41) is 1.14. The molecule has 0 radical (unpaired) electrons. The Morgan fingerprint density at radius 3 is 2.04 bits per heavy atom. The number of hydrogen-bond donors (Lipinski definition) is 2. The maximum atomic E-state index is 13.7. The van der Waals surface area contributed by atoms with Gasteiger partial charge < -0.3 is 10.3 Å². The molecule has 2 aromatic rings. The second kappa shape index (κ2) is 6.39. The fourth-order valence-electron chi connectivity index (χ4n) is 1.80. The number of carbonyl (C=O) groups excluding carboxylic acids is 1. The van der Waals surface area contributed by atoms with Crippen LogP contribution in [0.1, 0.15) is 15.9 Å². The van der Waals surface area contributed by atoms with Crippen LogP contribution in [0.15, 0.2) is 17.1 Å². The molecule has 4 nitrogen and oxygen atoms in total. The molecule has 0 fully saturated rings. The quantitative estimate of drug-likeness (QED) is 0.606. The van der Waals surface area contributed by atoms with Gasteiger partial charge in [0.25, 0.3) is 11.5 Å². The van der Waals surface area contributed by atoms with Gasteiger partial charge in [0.1, 0.15) is 16.8 Å². The zero-order valence-corrected chi connectivity index (χ0v) is 12.3. The highest BCUT2D eigenvalue weighted by molar-refractivity contribution is 6.30. The standard InChI is InChI=1S/C13H4ClF7N2O2/c14-3-1-4(11(24)22-2-3)12(25)23-10-8(17)6(15)5(13(19,20)21)7(16)9(10)18/h1-2H,(H,22,24)(H,23,25). The number of nitrogens with one attached hydrogen (secondary N) is 2. The molecular weight excluding hydrogens is 385 g/mol. The average molecular weight is 389 g/mol. The number of alkyl halides is 3. The number of pyridine rings is 1. The molecule has 0 atom stereocenters. The minimum absolute atomic E-state index is 0.171. The number of carbonyl (C=O) groups is 1. The Kier molecular flexibility index (Phi) is 4.80. The molecule has 0 saturated carbocycles. The summed E-state index contributed by atoms with van der Waals surface area (Å²) in [7, 11) is 0. The molecular formula is C13H4ClF7N2O2. The van der Waals surface area contributed by atoms with Crippen molar-refractivity contribution in [3.05, 3.63) is 62.0 Å². The van der Waals surface area contributed by atoms with E-state index < -0.39 is 57.7 Å². The molecule has 1 aromatic carbocycles. The van der Waals surface area contributed by atoms with Gasteiger partial charge in [0.2, 0.25) is 0 Å². The highest BCUT2D eigenvalue weighted by Gasteiger charge is 2.42. The van der Waals surface area contributed by atoms with Crippen molar-refractivity contribution in [3.63, 3.8) is 0 Å². The topological polar surface area (TPSA) is 62.0 Å². The van der Waals surface area contributed by atoms with Gasteiger partial charge in [-0.25, -0.2) is 17.6 Å². The molecule has 0 aliphatic heterocycles. The number of aromatic amines is 1. The first kappa shape index (κ1) is 18.8. The van der Waals surface area contributed by atoms with E-state index in [-0.39, 0.29) is 5.02 Å². The molecule has 0 unspecified atom stereocenters. The molecule has 0 bridgehead atoms. The third-order valence-electron chi connectivity index (χ3n) is 2.90. The number of H-pyrrole nitrogens is 1. The van der Waals surface area contributed by atoms with Crippen molar-refractivity contribution in [3.8, 4) is 0 Å². The largest absolute Gasteiger partial charge is 0.422 e. The first-order chi connectivity index (χ1) is 11.4. The summed E-state index contributed by atoms with van der Waals surface area (Å²) in [5.74, 6) is -12.0. The Balaban J connectivity index is 2.56. The lowest BCUT2D eigenvalue weighted by atomic mass is 10.1. The Morgan fingerprint density at radius 1 is 1.04 bits per heavy atom. The number of rotatable bonds is 2. The lowest BCUT2D eigenvalue weighted by Gasteiger charge is -2.14. The molecule has 2 N–H and O–H groups in total. The summed E-state index contributed by atoms with van der Waals surface area (Å²) in [6.45, 7) is 0. The monoisotopic (exact) mass is 388 g/mol. The molecule has 12 heteroatoms. The summed E-state index contributed by atoms with van der Waals surface area (Å²) in [4.78, 5) is 25.2.